The Labute approximate surface area is 164 Å². The van der Waals surface area contributed by atoms with Crippen molar-refractivity contribution in [1.29, 1.82) is 0 Å². The molecule has 8 heteroatoms. The predicted molar refractivity (Wildman–Crippen MR) is 106 cm³/mol. The van der Waals surface area contributed by atoms with Crippen LogP contribution in [0.1, 0.15) is 10.6 Å². The van der Waals surface area contributed by atoms with Gasteiger partial charge in [-0.1, -0.05) is 18.2 Å². The van der Waals surface area contributed by atoms with E-state index in [1.54, 1.807) is 36.4 Å². The molecule has 27 heavy (non-hydrogen) atoms. The number of carbonyl (C=O) groups excluding carboxylic acids is 2. The van der Waals surface area contributed by atoms with E-state index in [2.05, 4.69) is 10.6 Å². The first kappa shape index (κ1) is 19.2. The summed E-state index contributed by atoms with van der Waals surface area (Å²) in [4.78, 5) is 26.0. The number of carbonyl (C=O) groups is 2. The Balaban J connectivity index is 1.70. The molecular weight excluding hydrogens is 384 g/mol. The van der Waals surface area contributed by atoms with Crippen molar-refractivity contribution in [1.82, 2.24) is 5.32 Å². The van der Waals surface area contributed by atoms with E-state index in [9.17, 15) is 14.7 Å². The van der Waals surface area contributed by atoms with Crippen molar-refractivity contribution in [2.45, 2.75) is 10.5 Å². The number of hydrogen-bond acceptors (Lipinski definition) is 6. The summed E-state index contributed by atoms with van der Waals surface area (Å²) < 4.78 is 5.34. The van der Waals surface area contributed by atoms with Gasteiger partial charge in [0.1, 0.15) is 5.76 Å². The molecule has 1 aromatic carbocycles. The Morgan fingerprint density at radius 1 is 1.15 bits per heavy atom. The van der Waals surface area contributed by atoms with E-state index < -0.39 is 17.4 Å². The topological polar surface area (TPSA) is 91.6 Å². The van der Waals surface area contributed by atoms with E-state index in [-0.39, 0.29) is 6.54 Å². The lowest BCUT2D eigenvalue weighted by Gasteiger charge is -2.25. The largest absolute Gasteiger partial charge is 0.466 e. The maximum atomic E-state index is 12.3. The van der Waals surface area contributed by atoms with Gasteiger partial charge in [0.2, 0.25) is 0 Å². The molecular formula is C19H18N2O4S2. The normalized spacial score (nSPS) is 13.0. The molecule has 2 aromatic heterocycles. The molecule has 0 aliphatic rings. The summed E-state index contributed by atoms with van der Waals surface area (Å²) in [6.45, 7) is -0.197. The van der Waals surface area contributed by atoms with Crippen molar-refractivity contribution < 1.29 is 19.1 Å². The maximum Gasteiger partial charge on any atom is 0.313 e. The van der Waals surface area contributed by atoms with Gasteiger partial charge in [0.25, 0.3) is 0 Å². The number of para-hydroxylation sites is 1. The van der Waals surface area contributed by atoms with Crippen molar-refractivity contribution in [3.05, 3.63) is 70.8 Å². The number of amides is 2. The lowest BCUT2D eigenvalue weighted by Crippen LogP contribution is -2.44. The van der Waals surface area contributed by atoms with Gasteiger partial charge in [-0.3, -0.25) is 9.59 Å². The molecule has 0 aliphatic carbocycles. The summed E-state index contributed by atoms with van der Waals surface area (Å²) in [7, 11) is 0. The second-order valence-corrected chi connectivity index (χ2v) is 7.45. The van der Waals surface area contributed by atoms with Gasteiger partial charge in [0.15, 0.2) is 5.60 Å². The van der Waals surface area contributed by atoms with Gasteiger partial charge in [0, 0.05) is 9.77 Å². The molecule has 2 amide bonds. The first-order valence-corrected chi connectivity index (χ1v) is 10.2. The van der Waals surface area contributed by atoms with Crippen molar-refractivity contribution in [3.63, 3.8) is 0 Å². The van der Waals surface area contributed by atoms with Gasteiger partial charge in [-0.15, -0.1) is 23.1 Å². The number of anilines is 1. The van der Waals surface area contributed by atoms with E-state index in [1.807, 2.05) is 23.8 Å². The van der Waals surface area contributed by atoms with Gasteiger partial charge in [-0.25, -0.2) is 0 Å². The Hall–Kier alpha value is -2.55. The van der Waals surface area contributed by atoms with E-state index in [1.165, 1.54) is 29.4 Å². The fraction of sp³-hybridized carbons (Fsp3) is 0.158. The molecule has 0 saturated heterocycles. The first-order chi connectivity index (χ1) is 13.0. The molecule has 2 heterocycles. The highest BCUT2D eigenvalue weighted by Crippen LogP contribution is 2.32. The zero-order valence-electron chi connectivity index (χ0n) is 14.5. The Morgan fingerprint density at radius 3 is 2.63 bits per heavy atom. The first-order valence-electron chi connectivity index (χ1n) is 8.07. The van der Waals surface area contributed by atoms with Gasteiger partial charge < -0.3 is 20.2 Å². The fourth-order valence-electron chi connectivity index (χ4n) is 2.54. The van der Waals surface area contributed by atoms with Gasteiger partial charge >= 0.3 is 11.8 Å². The Kier molecular flexibility index (Phi) is 6.00. The third kappa shape index (κ3) is 4.24. The summed E-state index contributed by atoms with van der Waals surface area (Å²) in [5.41, 5.74) is -0.991. The van der Waals surface area contributed by atoms with Crippen molar-refractivity contribution in [2.75, 3.05) is 18.1 Å². The lowest BCUT2D eigenvalue weighted by atomic mass is 9.98. The molecule has 0 spiro atoms. The highest BCUT2D eigenvalue weighted by atomic mass is 32.2. The molecule has 3 N–H and O–H groups in total. The minimum atomic E-state index is -1.55. The summed E-state index contributed by atoms with van der Waals surface area (Å²) in [6, 6.07) is 14.0. The Bertz CT molecular complexity index is 873. The number of benzene rings is 1. The molecule has 0 radical (unpaired) electrons. The molecule has 1 unspecified atom stereocenters. The van der Waals surface area contributed by atoms with Crippen LogP contribution in [0.5, 0.6) is 0 Å². The molecule has 0 fully saturated rings. The average molecular weight is 402 g/mol. The molecule has 0 aliphatic heterocycles. The van der Waals surface area contributed by atoms with E-state index in [4.69, 9.17) is 4.42 Å². The van der Waals surface area contributed by atoms with Crippen molar-refractivity contribution >= 4 is 40.6 Å². The molecule has 1 atom stereocenters. The predicted octanol–water partition coefficient (Wildman–Crippen LogP) is 3.05. The highest BCUT2D eigenvalue weighted by molar-refractivity contribution is 7.98. The van der Waals surface area contributed by atoms with Gasteiger partial charge in [-0.2, -0.15) is 0 Å². The zero-order chi connectivity index (χ0) is 19.3. The van der Waals surface area contributed by atoms with Crippen LogP contribution in [0.2, 0.25) is 0 Å². The number of furan rings is 1. The van der Waals surface area contributed by atoms with Crippen LogP contribution in [-0.4, -0.2) is 29.7 Å². The number of aliphatic hydroxyl groups is 1. The highest BCUT2D eigenvalue weighted by Gasteiger charge is 2.36. The minimum absolute atomic E-state index is 0.197. The van der Waals surface area contributed by atoms with Gasteiger partial charge in [0.05, 0.1) is 18.5 Å². The molecule has 0 bridgehead atoms. The third-order valence-corrected chi connectivity index (χ3v) is 5.74. The van der Waals surface area contributed by atoms with Crippen LogP contribution in [0.4, 0.5) is 5.69 Å². The monoisotopic (exact) mass is 402 g/mol. The number of rotatable bonds is 6. The third-order valence-electron chi connectivity index (χ3n) is 3.92. The van der Waals surface area contributed by atoms with Crippen LogP contribution in [0.25, 0.3) is 0 Å². The summed E-state index contributed by atoms with van der Waals surface area (Å²) in [5.74, 6) is -1.35. The van der Waals surface area contributed by atoms with E-state index in [0.717, 1.165) is 4.90 Å². The summed E-state index contributed by atoms with van der Waals surface area (Å²) >= 11 is 2.80. The van der Waals surface area contributed by atoms with Crippen LogP contribution in [0.3, 0.4) is 0 Å². The van der Waals surface area contributed by atoms with Crippen molar-refractivity contribution in [3.8, 4) is 0 Å². The summed E-state index contributed by atoms with van der Waals surface area (Å²) in [5, 5.41) is 18.0. The fourth-order valence-corrected chi connectivity index (χ4v) is 3.92. The number of hydrogen-bond donors (Lipinski definition) is 3. The number of thioether (sulfide) groups is 1. The van der Waals surface area contributed by atoms with Gasteiger partial charge in [-0.05, 0) is 42.0 Å². The lowest BCUT2D eigenvalue weighted by molar-refractivity contribution is -0.136. The quantitative estimate of drug-likeness (QED) is 0.435. The van der Waals surface area contributed by atoms with Crippen LogP contribution in [-0.2, 0) is 15.2 Å². The van der Waals surface area contributed by atoms with Crippen LogP contribution < -0.4 is 10.6 Å². The van der Waals surface area contributed by atoms with Crippen LogP contribution in [0.15, 0.2) is 69.5 Å². The number of nitrogens with one attached hydrogen (secondary N) is 2. The average Bonchev–Trinajstić information content (AvgIpc) is 3.40. The maximum absolute atomic E-state index is 12.3. The number of thiophene rings is 1. The zero-order valence-corrected chi connectivity index (χ0v) is 16.1. The molecule has 6 nitrogen and oxygen atoms in total. The van der Waals surface area contributed by atoms with Crippen LogP contribution in [0, 0.1) is 0 Å². The van der Waals surface area contributed by atoms with Crippen LogP contribution >= 0.6 is 23.1 Å². The minimum Gasteiger partial charge on any atom is -0.466 e. The second-order valence-electron chi connectivity index (χ2n) is 5.65. The van der Waals surface area contributed by atoms with Crippen molar-refractivity contribution in [2.24, 2.45) is 0 Å². The Morgan fingerprint density at radius 2 is 1.96 bits per heavy atom. The molecule has 3 aromatic rings. The molecule has 140 valence electrons. The van der Waals surface area contributed by atoms with E-state index >= 15 is 0 Å². The second kappa shape index (κ2) is 8.43. The molecule has 0 saturated carbocycles. The van der Waals surface area contributed by atoms with E-state index in [0.29, 0.717) is 16.3 Å². The standard InChI is InChI=1S/C19H18N2O4S2/c1-26-14-7-3-2-6-13(14)21-18(23)17(22)20-12-19(24,15-8-4-10-25-15)16-9-5-11-27-16/h2-11,24H,12H2,1H3,(H,20,22)(H,21,23). The molecule has 3 rings (SSSR count). The smallest absolute Gasteiger partial charge is 0.313 e. The SMILES string of the molecule is CSc1ccccc1NC(=O)C(=O)NCC(O)(c1ccco1)c1cccs1. The summed E-state index contributed by atoms with van der Waals surface area (Å²) in [6.07, 6.45) is 3.33.